The van der Waals surface area contributed by atoms with Crippen molar-refractivity contribution in [2.45, 2.75) is 12.1 Å². The molecule has 0 bridgehead atoms. The van der Waals surface area contributed by atoms with Crippen LogP contribution in [-0.2, 0) is 14.3 Å². The molecule has 0 aliphatic carbocycles. The zero-order chi connectivity index (χ0) is 13.6. The van der Waals surface area contributed by atoms with Crippen LogP contribution in [0, 0.1) is 0 Å². The van der Waals surface area contributed by atoms with Gasteiger partial charge in [-0.1, -0.05) is 0 Å². The van der Waals surface area contributed by atoms with Gasteiger partial charge in [-0.25, -0.2) is 0 Å². The predicted molar refractivity (Wildman–Crippen MR) is 60.6 cm³/mol. The number of esters is 1. The minimum absolute atomic E-state index is 0.245. The second-order valence-corrected chi connectivity index (χ2v) is 4.11. The molecule has 0 fully saturated rings. The standard InChI is InChI=1S/C10H20N2O5/c1-11(2)7(5-13)10(16)17-6-8(9(14)15)12(3)4/h7-8,13H,5-6H2,1-4H3,(H,14,15)/t7?,8-/m0/s1. The van der Waals surface area contributed by atoms with E-state index in [0.717, 1.165) is 0 Å². The van der Waals surface area contributed by atoms with Crippen LogP contribution in [-0.4, -0.2) is 85.4 Å². The fourth-order valence-corrected chi connectivity index (χ4v) is 1.15. The number of aliphatic carboxylic acids is 1. The number of ether oxygens (including phenoxy) is 1. The highest BCUT2D eigenvalue weighted by Crippen LogP contribution is 2.00. The maximum atomic E-state index is 11.5. The van der Waals surface area contributed by atoms with Crippen LogP contribution in [0.2, 0.25) is 0 Å². The number of aliphatic hydroxyl groups excluding tert-OH is 1. The number of rotatable bonds is 7. The Bertz CT molecular complexity index is 267. The van der Waals surface area contributed by atoms with E-state index in [0.29, 0.717) is 0 Å². The van der Waals surface area contributed by atoms with Crippen LogP contribution in [0.25, 0.3) is 0 Å². The lowest BCUT2D eigenvalue weighted by Gasteiger charge is -2.23. The molecule has 2 N–H and O–H groups in total. The summed E-state index contributed by atoms with van der Waals surface area (Å²) in [5.74, 6) is -1.70. The van der Waals surface area contributed by atoms with E-state index in [-0.39, 0.29) is 13.2 Å². The Labute approximate surface area is 101 Å². The largest absolute Gasteiger partial charge is 0.480 e. The quantitative estimate of drug-likeness (QED) is 0.528. The molecule has 7 nitrogen and oxygen atoms in total. The highest BCUT2D eigenvalue weighted by molar-refractivity contribution is 5.77. The van der Waals surface area contributed by atoms with Crippen LogP contribution in [0.4, 0.5) is 0 Å². The Morgan fingerprint density at radius 3 is 1.88 bits per heavy atom. The first-order chi connectivity index (χ1) is 7.81. The second kappa shape index (κ2) is 7.21. The van der Waals surface area contributed by atoms with Gasteiger partial charge in [-0.15, -0.1) is 0 Å². The molecule has 0 aliphatic heterocycles. The fourth-order valence-electron chi connectivity index (χ4n) is 1.15. The van der Waals surface area contributed by atoms with Gasteiger partial charge in [0.1, 0.15) is 18.7 Å². The monoisotopic (exact) mass is 248 g/mol. The molecule has 0 aromatic heterocycles. The third-order valence-electron chi connectivity index (χ3n) is 2.36. The average Bonchev–Trinajstić information content (AvgIpc) is 2.16. The normalized spacial score (nSPS) is 14.8. The number of nitrogens with zero attached hydrogens (tertiary/aromatic N) is 2. The Morgan fingerprint density at radius 1 is 1.12 bits per heavy atom. The maximum Gasteiger partial charge on any atom is 0.325 e. The van der Waals surface area contributed by atoms with Crippen LogP contribution in [0.1, 0.15) is 0 Å². The van der Waals surface area contributed by atoms with E-state index < -0.39 is 24.0 Å². The highest BCUT2D eigenvalue weighted by atomic mass is 16.5. The van der Waals surface area contributed by atoms with Crippen molar-refractivity contribution >= 4 is 11.9 Å². The predicted octanol–water partition coefficient (Wildman–Crippen LogP) is -1.53. The molecule has 0 aliphatic rings. The van der Waals surface area contributed by atoms with Crippen LogP contribution >= 0.6 is 0 Å². The molecule has 0 aromatic carbocycles. The number of likely N-dealkylation sites (N-methyl/N-ethyl adjacent to an activating group) is 2. The summed E-state index contributed by atoms with van der Waals surface area (Å²) >= 11 is 0. The van der Waals surface area contributed by atoms with Crippen molar-refractivity contribution in [3.05, 3.63) is 0 Å². The number of hydrogen-bond acceptors (Lipinski definition) is 6. The number of carboxylic acid groups (broad SMARTS) is 1. The molecule has 0 heterocycles. The van der Waals surface area contributed by atoms with Crippen molar-refractivity contribution in [1.29, 1.82) is 0 Å². The molecule has 0 saturated heterocycles. The van der Waals surface area contributed by atoms with Crippen molar-refractivity contribution in [3.63, 3.8) is 0 Å². The Morgan fingerprint density at radius 2 is 1.59 bits per heavy atom. The van der Waals surface area contributed by atoms with Gasteiger partial charge in [-0.2, -0.15) is 0 Å². The van der Waals surface area contributed by atoms with Gasteiger partial charge < -0.3 is 14.9 Å². The lowest BCUT2D eigenvalue weighted by atomic mass is 10.3. The van der Waals surface area contributed by atoms with Crippen LogP contribution in [0.3, 0.4) is 0 Å². The minimum atomic E-state index is -1.06. The van der Waals surface area contributed by atoms with Gasteiger partial charge in [0.25, 0.3) is 0 Å². The van der Waals surface area contributed by atoms with E-state index in [1.807, 2.05) is 0 Å². The number of aliphatic hydroxyl groups is 1. The lowest BCUT2D eigenvalue weighted by molar-refractivity contribution is -0.156. The van der Waals surface area contributed by atoms with Crippen molar-refractivity contribution in [3.8, 4) is 0 Å². The molecule has 2 atom stereocenters. The average molecular weight is 248 g/mol. The molecule has 0 radical (unpaired) electrons. The van der Waals surface area contributed by atoms with Crippen molar-refractivity contribution < 1.29 is 24.5 Å². The van der Waals surface area contributed by atoms with E-state index in [2.05, 4.69) is 0 Å². The summed E-state index contributed by atoms with van der Waals surface area (Å²) in [4.78, 5) is 25.3. The lowest BCUT2D eigenvalue weighted by Crippen LogP contribution is -2.44. The number of carbonyl (C=O) groups excluding carboxylic acids is 1. The summed E-state index contributed by atoms with van der Waals surface area (Å²) in [6.45, 7) is -0.614. The second-order valence-electron chi connectivity index (χ2n) is 4.11. The van der Waals surface area contributed by atoms with Gasteiger partial charge in [0.2, 0.25) is 0 Å². The van der Waals surface area contributed by atoms with Gasteiger partial charge in [0, 0.05) is 0 Å². The number of carboxylic acids is 1. The van der Waals surface area contributed by atoms with Crippen molar-refractivity contribution in [2.24, 2.45) is 0 Å². The van der Waals surface area contributed by atoms with Gasteiger partial charge in [0.15, 0.2) is 0 Å². The maximum absolute atomic E-state index is 11.5. The molecule has 1 unspecified atom stereocenters. The smallest absolute Gasteiger partial charge is 0.325 e. The van der Waals surface area contributed by atoms with Crippen LogP contribution in [0.15, 0.2) is 0 Å². The zero-order valence-corrected chi connectivity index (χ0v) is 10.6. The summed E-state index contributed by atoms with van der Waals surface area (Å²) in [5, 5.41) is 17.8. The molecule has 0 aromatic rings. The first-order valence-electron chi connectivity index (χ1n) is 5.14. The molecule has 100 valence electrons. The Kier molecular flexibility index (Phi) is 6.71. The van der Waals surface area contributed by atoms with Crippen molar-refractivity contribution in [1.82, 2.24) is 9.80 Å². The summed E-state index contributed by atoms with van der Waals surface area (Å²) in [7, 11) is 6.43. The molecular weight excluding hydrogens is 228 g/mol. The topological polar surface area (TPSA) is 90.3 Å². The molecule has 7 heteroatoms. The van der Waals surface area contributed by atoms with Gasteiger partial charge in [0.05, 0.1) is 6.61 Å². The van der Waals surface area contributed by atoms with E-state index in [9.17, 15) is 9.59 Å². The first kappa shape index (κ1) is 15.8. The van der Waals surface area contributed by atoms with Crippen molar-refractivity contribution in [2.75, 3.05) is 41.4 Å². The first-order valence-corrected chi connectivity index (χ1v) is 5.14. The summed E-state index contributed by atoms with van der Waals surface area (Å²) in [6.07, 6.45) is 0. The molecular formula is C10H20N2O5. The molecule has 0 rings (SSSR count). The molecule has 0 spiro atoms. The summed E-state index contributed by atoms with van der Waals surface area (Å²) < 4.78 is 4.88. The Balaban J connectivity index is 4.35. The fraction of sp³-hybridized carbons (Fsp3) is 0.800. The van der Waals surface area contributed by atoms with Gasteiger partial charge in [-0.05, 0) is 28.2 Å². The third kappa shape index (κ3) is 5.12. The molecule has 0 amide bonds. The zero-order valence-electron chi connectivity index (χ0n) is 10.6. The van der Waals surface area contributed by atoms with Crippen LogP contribution < -0.4 is 0 Å². The molecule has 0 saturated carbocycles. The van der Waals surface area contributed by atoms with Gasteiger partial charge >= 0.3 is 11.9 Å². The summed E-state index contributed by atoms with van der Waals surface area (Å²) in [6, 6.07) is -1.66. The number of hydrogen-bond donors (Lipinski definition) is 2. The summed E-state index contributed by atoms with van der Waals surface area (Å²) in [5.41, 5.74) is 0. The van der Waals surface area contributed by atoms with E-state index in [1.165, 1.54) is 9.80 Å². The minimum Gasteiger partial charge on any atom is -0.480 e. The molecule has 17 heavy (non-hydrogen) atoms. The van der Waals surface area contributed by atoms with E-state index in [1.54, 1.807) is 28.2 Å². The van der Waals surface area contributed by atoms with Crippen LogP contribution in [0.5, 0.6) is 0 Å². The SMILES string of the molecule is CN(C)C(CO)C(=O)OC[C@@H](C(=O)O)N(C)C. The Hall–Kier alpha value is -1.18. The van der Waals surface area contributed by atoms with E-state index >= 15 is 0 Å². The van der Waals surface area contributed by atoms with E-state index in [4.69, 9.17) is 14.9 Å². The third-order valence-corrected chi connectivity index (χ3v) is 2.36. The van der Waals surface area contributed by atoms with Gasteiger partial charge in [-0.3, -0.25) is 19.4 Å². The number of carbonyl (C=O) groups is 2. The highest BCUT2D eigenvalue weighted by Gasteiger charge is 2.26.